The van der Waals surface area contributed by atoms with Crippen molar-refractivity contribution in [3.8, 4) is 11.5 Å². The number of esters is 1. The average molecular weight is 326 g/mol. The Labute approximate surface area is 144 Å². The molecule has 2 aromatic rings. The summed E-state index contributed by atoms with van der Waals surface area (Å²) in [7, 11) is 0. The molecule has 0 amide bonds. The summed E-state index contributed by atoms with van der Waals surface area (Å²) in [5.74, 6) is 1.55. The van der Waals surface area contributed by atoms with Gasteiger partial charge in [-0.2, -0.15) is 0 Å². The standard InChI is InChI=1S/C21H26O3/c1-4-23-20(22)21(2,3)15-9-11-17-10-8-14-19(16-17)24-18-12-6-5-7-13-18/h5-8,10,12-14,16H,4,9,11,15H2,1-3H3. The molecular weight excluding hydrogens is 300 g/mol. The third kappa shape index (κ3) is 5.41. The Kier molecular flexibility index (Phi) is 6.42. The highest BCUT2D eigenvalue weighted by Crippen LogP contribution is 2.27. The molecule has 0 unspecified atom stereocenters. The van der Waals surface area contributed by atoms with Crippen LogP contribution in [0.3, 0.4) is 0 Å². The summed E-state index contributed by atoms with van der Waals surface area (Å²) in [6, 6.07) is 17.9. The molecular formula is C21H26O3. The lowest BCUT2D eigenvalue weighted by molar-refractivity contribution is -0.153. The van der Waals surface area contributed by atoms with E-state index in [9.17, 15) is 4.79 Å². The minimum Gasteiger partial charge on any atom is -0.466 e. The summed E-state index contributed by atoms with van der Waals surface area (Å²) in [6.07, 6.45) is 2.64. The Hall–Kier alpha value is -2.29. The molecule has 0 atom stereocenters. The first-order chi connectivity index (χ1) is 11.5. The van der Waals surface area contributed by atoms with Gasteiger partial charge in [0.1, 0.15) is 11.5 Å². The fraction of sp³-hybridized carbons (Fsp3) is 0.381. The molecule has 2 rings (SSSR count). The van der Waals surface area contributed by atoms with Crippen molar-refractivity contribution in [2.45, 2.75) is 40.0 Å². The van der Waals surface area contributed by atoms with Crippen LogP contribution in [-0.2, 0) is 16.0 Å². The van der Waals surface area contributed by atoms with Gasteiger partial charge < -0.3 is 9.47 Å². The van der Waals surface area contributed by atoms with Gasteiger partial charge in [0.2, 0.25) is 0 Å². The fourth-order valence-electron chi connectivity index (χ4n) is 2.55. The lowest BCUT2D eigenvalue weighted by atomic mass is 9.86. The van der Waals surface area contributed by atoms with E-state index in [-0.39, 0.29) is 5.97 Å². The van der Waals surface area contributed by atoms with Crippen molar-refractivity contribution in [1.82, 2.24) is 0 Å². The number of para-hydroxylation sites is 1. The molecule has 0 aliphatic rings. The van der Waals surface area contributed by atoms with Crippen LogP contribution >= 0.6 is 0 Å². The van der Waals surface area contributed by atoms with Gasteiger partial charge in [-0.25, -0.2) is 0 Å². The van der Waals surface area contributed by atoms with E-state index >= 15 is 0 Å². The largest absolute Gasteiger partial charge is 0.466 e. The van der Waals surface area contributed by atoms with E-state index in [0.717, 1.165) is 30.8 Å². The zero-order chi connectivity index (χ0) is 17.4. The molecule has 0 N–H and O–H groups in total. The van der Waals surface area contributed by atoms with E-state index in [4.69, 9.17) is 9.47 Å². The molecule has 2 aromatic carbocycles. The zero-order valence-electron chi connectivity index (χ0n) is 14.7. The summed E-state index contributed by atoms with van der Waals surface area (Å²) >= 11 is 0. The molecule has 0 aliphatic carbocycles. The highest BCUT2D eigenvalue weighted by atomic mass is 16.5. The van der Waals surface area contributed by atoms with Gasteiger partial charge >= 0.3 is 5.97 Å². The Morgan fingerprint density at radius 2 is 1.71 bits per heavy atom. The fourth-order valence-corrected chi connectivity index (χ4v) is 2.55. The summed E-state index contributed by atoms with van der Waals surface area (Å²) < 4.78 is 11.0. The minimum absolute atomic E-state index is 0.119. The van der Waals surface area contributed by atoms with Gasteiger partial charge in [0.05, 0.1) is 12.0 Å². The number of benzene rings is 2. The van der Waals surface area contributed by atoms with Crippen LogP contribution in [0.2, 0.25) is 0 Å². The van der Waals surface area contributed by atoms with E-state index in [1.165, 1.54) is 5.56 Å². The molecule has 0 aliphatic heterocycles. The van der Waals surface area contributed by atoms with Crippen LogP contribution in [0, 0.1) is 5.41 Å². The molecule has 0 bridgehead atoms. The summed E-state index contributed by atoms with van der Waals surface area (Å²) in [5.41, 5.74) is 0.775. The number of aryl methyl sites for hydroxylation is 1. The number of carbonyl (C=O) groups excluding carboxylic acids is 1. The smallest absolute Gasteiger partial charge is 0.311 e. The first-order valence-electron chi connectivity index (χ1n) is 8.50. The van der Waals surface area contributed by atoms with Crippen molar-refractivity contribution in [3.05, 3.63) is 60.2 Å². The van der Waals surface area contributed by atoms with Crippen LogP contribution in [0.25, 0.3) is 0 Å². The van der Waals surface area contributed by atoms with Crippen LogP contribution in [0.5, 0.6) is 11.5 Å². The molecule has 0 spiro atoms. The van der Waals surface area contributed by atoms with E-state index in [1.54, 1.807) is 0 Å². The molecule has 128 valence electrons. The second kappa shape index (κ2) is 8.53. The zero-order valence-corrected chi connectivity index (χ0v) is 14.7. The third-order valence-electron chi connectivity index (χ3n) is 3.97. The first kappa shape index (κ1) is 18.1. The van der Waals surface area contributed by atoms with E-state index in [0.29, 0.717) is 6.61 Å². The van der Waals surface area contributed by atoms with Crippen molar-refractivity contribution >= 4 is 5.97 Å². The second-order valence-electron chi connectivity index (χ2n) is 6.52. The van der Waals surface area contributed by atoms with Gasteiger partial charge in [-0.1, -0.05) is 30.3 Å². The molecule has 0 saturated heterocycles. The molecule has 0 heterocycles. The van der Waals surface area contributed by atoms with E-state index in [1.807, 2.05) is 63.2 Å². The number of carbonyl (C=O) groups is 1. The minimum atomic E-state index is -0.436. The van der Waals surface area contributed by atoms with Gasteiger partial charge in [-0.3, -0.25) is 4.79 Å². The SMILES string of the molecule is CCOC(=O)C(C)(C)CCCc1cccc(Oc2ccccc2)c1. The second-order valence-corrected chi connectivity index (χ2v) is 6.52. The number of rotatable bonds is 8. The van der Waals surface area contributed by atoms with Gasteiger partial charge in [0.25, 0.3) is 0 Å². The van der Waals surface area contributed by atoms with Crippen LogP contribution in [0.1, 0.15) is 39.2 Å². The maximum atomic E-state index is 11.9. The van der Waals surface area contributed by atoms with Crippen LogP contribution in [0.4, 0.5) is 0 Å². The van der Waals surface area contributed by atoms with Crippen molar-refractivity contribution in [2.24, 2.45) is 5.41 Å². The first-order valence-corrected chi connectivity index (χ1v) is 8.50. The topological polar surface area (TPSA) is 35.5 Å². The van der Waals surface area contributed by atoms with Crippen LogP contribution in [-0.4, -0.2) is 12.6 Å². The maximum absolute atomic E-state index is 11.9. The number of hydrogen-bond acceptors (Lipinski definition) is 3. The maximum Gasteiger partial charge on any atom is 0.311 e. The molecule has 0 saturated carbocycles. The van der Waals surface area contributed by atoms with Crippen molar-refractivity contribution in [3.63, 3.8) is 0 Å². The highest BCUT2D eigenvalue weighted by molar-refractivity contribution is 5.75. The van der Waals surface area contributed by atoms with Crippen LogP contribution in [0.15, 0.2) is 54.6 Å². The van der Waals surface area contributed by atoms with Gasteiger partial charge in [0.15, 0.2) is 0 Å². The molecule has 24 heavy (non-hydrogen) atoms. The van der Waals surface area contributed by atoms with Gasteiger partial charge in [-0.05, 0) is 69.9 Å². The Morgan fingerprint density at radius 1 is 1.00 bits per heavy atom. The van der Waals surface area contributed by atoms with Crippen molar-refractivity contribution in [2.75, 3.05) is 6.61 Å². The number of hydrogen-bond donors (Lipinski definition) is 0. The van der Waals surface area contributed by atoms with Gasteiger partial charge in [0, 0.05) is 0 Å². The van der Waals surface area contributed by atoms with Crippen molar-refractivity contribution < 1.29 is 14.3 Å². The summed E-state index contributed by atoms with van der Waals surface area (Å²) in [4.78, 5) is 11.9. The summed E-state index contributed by atoms with van der Waals surface area (Å²) in [6.45, 7) is 6.16. The predicted octanol–water partition coefficient (Wildman–Crippen LogP) is 5.39. The quantitative estimate of drug-likeness (QED) is 0.610. The average Bonchev–Trinajstić information content (AvgIpc) is 2.56. The molecule has 3 heteroatoms. The Balaban J connectivity index is 1.89. The Bertz CT molecular complexity index is 647. The summed E-state index contributed by atoms with van der Waals surface area (Å²) in [5, 5.41) is 0. The lowest BCUT2D eigenvalue weighted by Crippen LogP contribution is -2.26. The highest BCUT2D eigenvalue weighted by Gasteiger charge is 2.28. The van der Waals surface area contributed by atoms with Crippen molar-refractivity contribution in [1.29, 1.82) is 0 Å². The molecule has 0 radical (unpaired) electrons. The third-order valence-corrected chi connectivity index (χ3v) is 3.97. The van der Waals surface area contributed by atoms with E-state index < -0.39 is 5.41 Å². The number of ether oxygens (including phenoxy) is 2. The molecule has 3 nitrogen and oxygen atoms in total. The van der Waals surface area contributed by atoms with E-state index in [2.05, 4.69) is 12.1 Å². The molecule has 0 aromatic heterocycles. The van der Waals surface area contributed by atoms with Gasteiger partial charge in [-0.15, -0.1) is 0 Å². The normalized spacial score (nSPS) is 11.1. The predicted molar refractivity (Wildman–Crippen MR) is 96.3 cm³/mol. The molecule has 0 fully saturated rings. The monoisotopic (exact) mass is 326 g/mol. The lowest BCUT2D eigenvalue weighted by Gasteiger charge is -2.22. The van der Waals surface area contributed by atoms with Crippen LogP contribution < -0.4 is 4.74 Å². The Morgan fingerprint density at radius 3 is 2.42 bits per heavy atom.